The van der Waals surface area contributed by atoms with Gasteiger partial charge in [-0.15, -0.1) is 11.3 Å². The predicted octanol–water partition coefficient (Wildman–Crippen LogP) is 2.73. The molecule has 2 aromatic heterocycles. The second-order valence-corrected chi connectivity index (χ2v) is 9.41. The van der Waals surface area contributed by atoms with Crippen molar-refractivity contribution in [3.63, 3.8) is 0 Å². The number of amides is 2. The third-order valence-electron chi connectivity index (χ3n) is 6.36. The van der Waals surface area contributed by atoms with Crippen molar-refractivity contribution in [2.24, 2.45) is 0 Å². The predicted molar refractivity (Wildman–Crippen MR) is 122 cm³/mol. The molecule has 4 rings (SSSR count). The lowest BCUT2D eigenvalue weighted by atomic mass is 9.95. The van der Waals surface area contributed by atoms with E-state index in [4.69, 9.17) is 0 Å². The fourth-order valence-corrected chi connectivity index (χ4v) is 5.29. The Balaban J connectivity index is 1.54. The highest BCUT2D eigenvalue weighted by Crippen LogP contribution is 2.28. The molecular weight excluding hydrogens is 412 g/mol. The van der Waals surface area contributed by atoms with Crippen LogP contribution in [0.3, 0.4) is 0 Å². The first kappa shape index (κ1) is 21.8. The number of nitrogens with one attached hydrogen (secondary N) is 1. The largest absolute Gasteiger partial charge is 0.355 e. The molecular formula is C23H30N4O3S. The first-order chi connectivity index (χ1) is 15.1. The van der Waals surface area contributed by atoms with Crippen molar-refractivity contribution in [1.29, 1.82) is 0 Å². The lowest BCUT2D eigenvalue weighted by molar-refractivity contribution is 0.0627. The molecule has 1 aliphatic heterocycles. The number of aromatic nitrogens is 1. The van der Waals surface area contributed by atoms with Crippen LogP contribution in [0.25, 0.3) is 0 Å². The van der Waals surface area contributed by atoms with Gasteiger partial charge in [0.2, 0.25) is 5.43 Å². The number of hydrogen-bond acceptors (Lipinski definition) is 5. The van der Waals surface area contributed by atoms with Crippen molar-refractivity contribution in [3.8, 4) is 0 Å². The number of hydrogen-bond donors (Lipinski definition) is 1. The quantitative estimate of drug-likeness (QED) is 0.773. The molecule has 2 fully saturated rings. The summed E-state index contributed by atoms with van der Waals surface area (Å²) in [5.41, 5.74) is -0.314. The van der Waals surface area contributed by atoms with Crippen LogP contribution >= 0.6 is 11.3 Å². The van der Waals surface area contributed by atoms with Crippen LogP contribution in [0.1, 0.15) is 63.7 Å². The lowest BCUT2D eigenvalue weighted by Gasteiger charge is -2.34. The Labute approximate surface area is 186 Å². The molecule has 8 heteroatoms. The molecule has 1 aliphatic carbocycles. The highest BCUT2D eigenvalue weighted by molar-refractivity contribution is 7.09. The maximum Gasteiger partial charge on any atom is 0.259 e. The number of piperazine rings is 1. The van der Waals surface area contributed by atoms with Crippen LogP contribution in [0.4, 0.5) is 0 Å². The molecule has 1 N–H and O–H groups in total. The van der Waals surface area contributed by atoms with Gasteiger partial charge < -0.3 is 14.8 Å². The van der Waals surface area contributed by atoms with Crippen molar-refractivity contribution in [3.05, 3.63) is 56.1 Å². The molecule has 7 nitrogen and oxygen atoms in total. The van der Waals surface area contributed by atoms with Gasteiger partial charge in [0.25, 0.3) is 11.8 Å². The number of nitrogens with zero attached hydrogens (tertiary/aromatic N) is 3. The zero-order valence-electron chi connectivity index (χ0n) is 18.0. The summed E-state index contributed by atoms with van der Waals surface area (Å²) in [4.78, 5) is 44.1. The summed E-state index contributed by atoms with van der Waals surface area (Å²) < 4.78 is 1.94. The molecule has 166 valence electrons. The van der Waals surface area contributed by atoms with Gasteiger partial charge in [0.15, 0.2) is 0 Å². The Morgan fingerprint density at radius 2 is 1.77 bits per heavy atom. The normalized spacial score (nSPS) is 18.2. The third kappa shape index (κ3) is 4.91. The summed E-state index contributed by atoms with van der Waals surface area (Å²) in [7, 11) is 1.51. The van der Waals surface area contributed by atoms with Crippen molar-refractivity contribution in [2.75, 3.05) is 33.2 Å². The van der Waals surface area contributed by atoms with Gasteiger partial charge in [0, 0.05) is 63.1 Å². The molecule has 2 aromatic rings. The van der Waals surface area contributed by atoms with Gasteiger partial charge in [0.1, 0.15) is 11.1 Å². The fraction of sp³-hybridized carbons (Fsp3) is 0.522. The second-order valence-electron chi connectivity index (χ2n) is 8.38. The van der Waals surface area contributed by atoms with E-state index in [0.29, 0.717) is 13.1 Å². The van der Waals surface area contributed by atoms with Gasteiger partial charge in [-0.1, -0.05) is 25.3 Å². The zero-order valence-corrected chi connectivity index (χ0v) is 18.8. The Morgan fingerprint density at radius 3 is 2.42 bits per heavy atom. The zero-order chi connectivity index (χ0) is 21.8. The van der Waals surface area contributed by atoms with Gasteiger partial charge in [-0.25, -0.2) is 0 Å². The number of thiophene rings is 1. The maximum absolute atomic E-state index is 13.3. The molecule has 0 bridgehead atoms. The smallest absolute Gasteiger partial charge is 0.259 e. The van der Waals surface area contributed by atoms with Crippen LogP contribution in [0.15, 0.2) is 34.7 Å². The third-order valence-corrected chi connectivity index (χ3v) is 7.22. The van der Waals surface area contributed by atoms with Crippen molar-refractivity contribution in [2.45, 2.75) is 44.7 Å². The highest BCUT2D eigenvalue weighted by Gasteiger charge is 2.27. The monoisotopic (exact) mass is 442 g/mol. The lowest BCUT2D eigenvalue weighted by Crippen LogP contribution is -2.49. The Kier molecular flexibility index (Phi) is 6.87. The Hall–Kier alpha value is -2.45. The minimum Gasteiger partial charge on any atom is -0.355 e. The van der Waals surface area contributed by atoms with E-state index in [0.717, 1.165) is 45.3 Å². The highest BCUT2D eigenvalue weighted by atomic mass is 32.1. The summed E-state index contributed by atoms with van der Waals surface area (Å²) in [5.74, 6) is -0.707. The summed E-state index contributed by atoms with van der Waals surface area (Å²) in [6, 6.07) is 4.41. The van der Waals surface area contributed by atoms with E-state index in [-0.39, 0.29) is 23.1 Å². The molecule has 1 saturated heterocycles. The van der Waals surface area contributed by atoms with E-state index in [1.807, 2.05) is 4.57 Å². The van der Waals surface area contributed by atoms with E-state index < -0.39 is 11.3 Å². The number of carbonyl (C=O) groups excluding carboxylic acids is 2. The molecule has 0 radical (unpaired) electrons. The minimum atomic E-state index is -0.475. The molecule has 0 unspecified atom stereocenters. The van der Waals surface area contributed by atoms with Crippen LogP contribution in [0, 0.1) is 0 Å². The van der Waals surface area contributed by atoms with Gasteiger partial charge in [0.05, 0.1) is 0 Å². The van der Waals surface area contributed by atoms with Gasteiger partial charge in [-0.2, -0.15) is 0 Å². The SMILES string of the molecule is CNC(=O)c1cn(C2CCCCC2)cc(C(=O)N2CCN(Cc3cccs3)CC2)c1=O. The number of pyridine rings is 1. The Morgan fingerprint density at radius 1 is 1.06 bits per heavy atom. The summed E-state index contributed by atoms with van der Waals surface area (Å²) in [6.07, 6.45) is 8.79. The van der Waals surface area contributed by atoms with Crippen molar-refractivity contribution >= 4 is 23.2 Å². The fourth-order valence-electron chi connectivity index (χ4n) is 4.54. The first-order valence-electron chi connectivity index (χ1n) is 11.1. The average molecular weight is 443 g/mol. The van der Waals surface area contributed by atoms with Crippen molar-refractivity contribution in [1.82, 2.24) is 19.7 Å². The summed E-state index contributed by atoms with van der Waals surface area (Å²) in [5, 5.41) is 4.62. The molecule has 31 heavy (non-hydrogen) atoms. The number of rotatable bonds is 5. The van der Waals surface area contributed by atoms with Gasteiger partial charge in [-0.3, -0.25) is 19.3 Å². The molecule has 3 heterocycles. The summed E-state index contributed by atoms with van der Waals surface area (Å²) in [6.45, 7) is 3.60. The summed E-state index contributed by atoms with van der Waals surface area (Å²) >= 11 is 1.74. The second kappa shape index (κ2) is 9.78. The molecule has 2 amide bonds. The average Bonchev–Trinajstić information content (AvgIpc) is 3.32. The van der Waals surface area contributed by atoms with E-state index in [9.17, 15) is 14.4 Å². The van der Waals surface area contributed by atoms with Crippen LogP contribution < -0.4 is 10.7 Å². The molecule has 0 atom stereocenters. The minimum absolute atomic E-state index is 0.0512. The standard InChI is InChI=1S/C23H30N4O3S/c1-24-22(29)19-15-27(17-6-3-2-4-7-17)16-20(21(19)28)23(30)26-11-9-25(10-12-26)14-18-8-5-13-31-18/h5,8,13,15-17H,2-4,6-7,9-12,14H2,1H3,(H,24,29). The van der Waals surface area contributed by atoms with E-state index in [2.05, 4.69) is 27.7 Å². The Bertz CT molecular complexity index is 971. The molecule has 0 spiro atoms. The molecule has 0 aromatic carbocycles. The van der Waals surface area contributed by atoms with Crippen LogP contribution in [0.5, 0.6) is 0 Å². The van der Waals surface area contributed by atoms with E-state index in [1.54, 1.807) is 28.6 Å². The maximum atomic E-state index is 13.3. The molecule has 1 saturated carbocycles. The van der Waals surface area contributed by atoms with Crippen LogP contribution in [-0.4, -0.2) is 59.4 Å². The van der Waals surface area contributed by atoms with E-state index >= 15 is 0 Å². The van der Waals surface area contributed by atoms with E-state index in [1.165, 1.54) is 18.3 Å². The first-order valence-corrected chi connectivity index (χ1v) is 12.0. The van der Waals surface area contributed by atoms with Crippen LogP contribution in [-0.2, 0) is 6.54 Å². The number of carbonyl (C=O) groups is 2. The van der Waals surface area contributed by atoms with Crippen LogP contribution in [0.2, 0.25) is 0 Å². The molecule has 2 aliphatic rings. The van der Waals surface area contributed by atoms with Crippen molar-refractivity contribution < 1.29 is 9.59 Å². The van der Waals surface area contributed by atoms with Gasteiger partial charge >= 0.3 is 0 Å². The topological polar surface area (TPSA) is 74.7 Å². The van der Waals surface area contributed by atoms with Gasteiger partial charge in [-0.05, 0) is 24.3 Å².